The molecule has 1 aromatic heterocycles. The van der Waals surface area contributed by atoms with Crippen LogP contribution in [0.3, 0.4) is 0 Å². The van der Waals surface area contributed by atoms with E-state index in [1.807, 2.05) is 23.7 Å². The maximum Gasteiger partial charge on any atom is 0.335 e. The minimum Gasteiger partial charge on any atom is -0.478 e. The van der Waals surface area contributed by atoms with Crippen molar-refractivity contribution in [2.75, 3.05) is 13.1 Å². The summed E-state index contributed by atoms with van der Waals surface area (Å²) in [5.74, 6) is 0.187. The van der Waals surface area contributed by atoms with Gasteiger partial charge in [-0.05, 0) is 54.8 Å². The van der Waals surface area contributed by atoms with Crippen LogP contribution in [-0.2, 0) is 13.6 Å². The summed E-state index contributed by atoms with van der Waals surface area (Å²) in [4.78, 5) is 18.2. The van der Waals surface area contributed by atoms with Crippen LogP contribution in [0.2, 0.25) is 0 Å². The molecular weight excluding hydrogens is 333 g/mol. The van der Waals surface area contributed by atoms with Crippen LogP contribution < -0.4 is 0 Å². The summed E-state index contributed by atoms with van der Waals surface area (Å²) in [6.45, 7) is 2.59. The van der Waals surface area contributed by atoms with E-state index in [2.05, 4.69) is 9.88 Å². The maximum absolute atomic E-state index is 13.1. The topological polar surface area (TPSA) is 58.4 Å². The van der Waals surface area contributed by atoms with Gasteiger partial charge >= 0.3 is 5.97 Å². The lowest BCUT2D eigenvalue weighted by atomic mass is 9.99. The lowest BCUT2D eigenvalue weighted by Gasteiger charge is -2.16. The predicted molar refractivity (Wildman–Crippen MR) is 96.7 cm³/mol. The molecule has 0 saturated carbocycles. The van der Waals surface area contributed by atoms with E-state index < -0.39 is 5.97 Å². The van der Waals surface area contributed by atoms with Crippen LogP contribution in [0.25, 0.3) is 11.0 Å². The smallest absolute Gasteiger partial charge is 0.335 e. The maximum atomic E-state index is 13.1. The van der Waals surface area contributed by atoms with Gasteiger partial charge < -0.3 is 9.67 Å². The number of hydrogen-bond donors (Lipinski definition) is 1. The highest BCUT2D eigenvalue weighted by atomic mass is 19.1. The molecule has 1 fully saturated rings. The van der Waals surface area contributed by atoms with Gasteiger partial charge in [-0.3, -0.25) is 4.90 Å². The summed E-state index contributed by atoms with van der Waals surface area (Å²) in [6, 6.07) is 11.8. The number of fused-ring (bicyclic) bond motifs is 1. The molecule has 1 unspecified atom stereocenters. The number of aromatic carboxylic acids is 1. The number of halogens is 1. The highest BCUT2D eigenvalue weighted by Crippen LogP contribution is 2.28. The fourth-order valence-corrected chi connectivity index (χ4v) is 3.70. The number of hydrogen-bond acceptors (Lipinski definition) is 3. The minimum atomic E-state index is -0.934. The second kappa shape index (κ2) is 6.53. The molecule has 26 heavy (non-hydrogen) atoms. The van der Waals surface area contributed by atoms with Crippen molar-refractivity contribution in [1.82, 2.24) is 14.5 Å². The largest absolute Gasteiger partial charge is 0.478 e. The number of carboxylic acid groups (broad SMARTS) is 1. The third-order valence-corrected chi connectivity index (χ3v) is 5.20. The number of benzene rings is 2. The Balaban J connectivity index is 1.51. The van der Waals surface area contributed by atoms with Crippen LogP contribution in [-0.4, -0.2) is 38.6 Å². The molecule has 1 atom stereocenters. The Morgan fingerprint density at radius 2 is 2.04 bits per heavy atom. The average Bonchev–Trinajstić information content (AvgIpc) is 3.21. The van der Waals surface area contributed by atoms with Crippen molar-refractivity contribution >= 4 is 17.0 Å². The summed E-state index contributed by atoms with van der Waals surface area (Å²) >= 11 is 0. The zero-order chi connectivity index (χ0) is 18.3. The van der Waals surface area contributed by atoms with Gasteiger partial charge in [0.1, 0.15) is 11.6 Å². The molecule has 6 heteroatoms. The van der Waals surface area contributed by atoms with E-state index in [1.165, 1.54) is 17.7 Å². The first-order chi connectivity index (χ1) is 12.5. The number of aryl methyl sites for hydroxylation is 1. The van der Waals surface area contributed by atoms with E-state index in [9.17, 15) is 9.18 Å². The number of rotatable bonds is 4. The first-order valence-electron chi connectivity index (χ1n) is 8.68. The summed E-state index contributed by atoms with van der Waals surface area (Å²) < 4.78 is 15.1. The molecule has 0 bridgehead atoms. The predicted octanol–water partition coefficient (Wildman–Crippen LogP) is 3.40. The van der Waals surface area contributed by atoms with E-state index in [-0.39, 0.29) is 11.4 Å². The molecule has 0 spiro atoms. The Kier molecular flexibility index (Phi) is 4.20. The van der Waals surface area contributed by atoms with Crippen LogP contribution in [0.5, 0.6) is 0 Å². The average molecular weight is 353 g/mol. The monoisotopic (exact) mass is 353 g/mol. The highest BCUT2D eigenvalue weighted by Gasteiger charge is 2.25. The van der Waals surface area contributed by atoms with Crippen molar-refractivity contribution in [3.05, 3.63) is 65.2 Å². The molecule has 0 aliphatic carbocycles. The fraction of sp³-hybridized carbons (Fsp3) is 0.300. The molecule has 2 heterocycles. The third-order valence-electron chi connectivity index (χ3n) is 5.20. The van der Waals surface area contributed by atoms with Gasteiger partial charge in [-0.2, -0.15) is 0 Å². The van der Waals surface area contributed by atoms with Gasteiger partial charge in [0.25, 0.3) is 0 Å². The van der Waals surface area contributed by atoms with Crippen molar-refractivity contribution < 1.29 is 14.3 Å². The van der Waals surface area contributed by atoms with Crippen molar-refractivity contribution in [1.29, 1.82) is 0 Å². The fourth-order valence-electron chi connectivity index (χ4n) is 3.70. The third kappa shape index (κ3) is 3.08. The van der Waals surface area contributed by atoms with Crippen molar-refractivity contribution in [3.63, 3.8) is 0 Å². The number of likely N-dealkylation sites (tertiary alicyclic amines) is 1. The van der Waals surface area contributed by atoms with Gasteiger partial charge in [0.05, 0.1) is 23.1 Å². The molecule has 134 valence electrons. The second-order valence-corrected chi connectivity index (χ2v) is 6.87. The molecule has 0 radical (unpaired) electrons. The SMILES string of the molecule is Cn1c(CN2CCC(c3ccc(F)cc3)C2)nc2ccc(C(=O)O)cc21. The van der Waals surface area contributed by atoms with Crippen molar-refractivity contribution in [2.45, 2.75) is 18.9 Å². The first-order valence-corrected chi connectivity index (χ1v) is 8.68. The van der Waals surface area contributed by atoms with Gasteiger partial charge in [-0.1, -0.05) is 12.1 Å². The quantitative estimate of drug-likeness (QED) is 0.781. The Bertz CT molecular complexity index is 965. The number of imidazole rings is 1. The van der Waals surface area contributed by atoms with Crippen LogP contribution in [0.1, 0.15) is 34.1 Å². The lowest BCUT2D eigenvalue weighted by Crippen LogP contribution is -2.21. The molecule has 3 aromatic rings. The van der Waals surface area contributed by atoms with Crippen LogP contribution in [0.15, 0.2) is 42.5 Å². The summed E-state index contributed by atoms with van der Waals surface area (Å²) in [7, 11) is 1.92. The zero-order valence-corrected chi connectivity index (χ0v) is 14.5. The molecule has 0 amide bonds. The molecule has 1 N–H and O–H groups in total. The minimum absolute atomic E-state index is 0.205. The van der Waals surface area contributed by atoms with Gasteiger partial charge in [0.2, 0.25) is 0 Å². The molecule has 1 aliphatic rings. The van der Waals surface area contributed by atoms with Gasteiger partial charge in [0.15, 0.2) is 0 Å². The molecular formula is C20H20FN3O2. The number of nitrogens with zero attached hydrogens (tertiary/aromatic N) is 3. The van der Waals surface area contributed by atoms with Crippen molar-refractivity contribution in [3.8, 4) is 0 Å². The lowest BCUT2D eigenvalue weighted by molar-refractivity contribution is 0.0697. The van der Waals surface area contributed by atoms with Gasteiger partial charge in [-0.15, -0.1) is 0 Å². The molecule has 5 nitrogen and oxygen atoms in total. The van der Waals surface area contributed by atoms with Gasteiger partial charge in [0, 0.05) is 13.6 Å². The highest BCUT2D eigenvalue weighted by molar-refractivity contribution is 5.92. The standard InChI is InChI=1S/C20H20FN3O2/c1-23-18-10-14(20(25)26)4-7-17(18)22-19(23)12-24-9-8-15(11-24)13-2-5-16(21)6-3-13/h2-7,10,15H,8-9,11-12H2,1H3,(H,25,26). The van der Waals surface area contributed by atoms with E-state index >= 15 is 0 Å². The van der Waals surface area contributed by atoms with Crippen LogP contribution in [0.4, 0.5) is 4.39 Å². The Hall–Kier alpha value is -2.73. The first kappa shape index (κ1) is 16.7. The molecule has 4 rings (SSSR count). The number of carbonyl (C=O) groups is 1. The van der Waals surface area contributed by atoms with Crippen molar-refractivity contribution in [2.24, 2.45) is 7.05 Å². The normalized spacial score (nSPS) is 17.8. The second-order valence-electron chi connectivity index (χ2n) is 6.87. The van der Waals surface area contributed by atoms with Crippen LogP contribution in [0, 0.1) is 5.82 Å². The summed E-state index contributed by atoms with van der Waals surface area (Å²) in [6.07, 6.45) is 1.04. The summed E-state index contributed by atoms with van der Waals surface area (Å²) in [5, 5.41) is 9.16. The Morgan fingerprint density at radius 1 is 1.27 bits per heavy atom. The molecule has 1 aliphatic heterocycles. The molecule has 2 aromatic carbocycles. The van der Waals surface area contributed by atoms with Gasteiger partial charge in [-0.25, -0.2) is 14.2 Å². The van der Waals surface area contributed by atoms with E-state index in [0.717, 1.165) is 36.4 Å². The number of aromatic nitrogens is 2. The van der Waals surface area contributed by atoms with Crippen LogP contribution >= 0.6 is 0 Å². The Morgan fingerprint density at radius 3 is 2.77 bits per heavy atom. The van der Waals surface area contributed by atoms with E-state index in [0.29, 0.717) is 12.5 Å². The summed E-state index contributed by atoms with van der Waals surface area (Å²) in [5.41, 5.74) is 3.07. The Labute approximate surface area is 150 Å². The zero-order valence-electron chi connectivity index (χ0n) is 14.5. The van der Waals surface area contributed by atoms with E-state index in [1.54, 1.807) is 18.2 Å². The molecule has 1 saturated heterocycles. The van der Waals surface area contributed by atoms with E-state index in [4.69, 9.17) is 5.11 Å². The number of carboxylic acids is 1.